The maximum Gasteiger partial charge on any atom is 0.321 e. The second kappa shape index (κ2) is 13.9. The Morgan fingerprint density at radius 3 is 1.77 bits per heavy atom. The van der Waals surface area contributed by atoms with Crippen LogP contribution in [0.3, 0.4) is 0 Å². The molecule has 39 heavy (non-hydrogen) atoms. The maximum absolute atomic E-state index is 12.7. The van der Waals surface area contributed by atoms with Crippen LogP contribution in [-0.4, -0.2) is 41.1 Å². The molecule has 0 fully saturated rings. The number of aliphatic carboxylic acids is 1. The van der Waals surface area contributed by atoms with Crippen molar-refractivity contribution in [1.82, 2.24) is 0 Å². The topological polar surface area (TPSA) is 142 Å². The number of carboxylic acid groups (broad SMARTS) is 1. The van der Waals surface area contributed by atoms with Crippen LogP contribution in [0.15, 0.2) is 18.2 Å². The molecule has 0 aromatic heterocycles. The average molecular weight is 550 g/mol. The number of hydrogen-bond acceptors (Lipinski definition) is 8. The molecule has 3 N–H and O–H groups in total. The van der Waals surface area contributed by atoms with E-state index < -0.39 is 36.0 Å². The van der Waals surface area contributed by atoms with E-state index in [1.807, 2.05) is 55.4 Å². The summed E-state index contributed by atoms with van der Waals surface area (Å²) >= 11 is 0. The lowest BCUT2D eigenvalue weighted by atomic mass is 9.86. The normalized spacial score (nSPS) is 15.2. The van der Waals surface area contributed by atoms with Crippen molar-refractivity contribution in [3.05, 3.63) is 23.8 Å². The Morgan fingerprint density at radius 2 is 1.33 bits per heavy atom. The monoisotopic (exact) mass is 549 g/mol. The Morgan fingerprint density at radius 1 is 0.846 bits per heavy atom. The average Bonchev–Trinajstić information content (AvgIpc) is 2.74. The molecular formula is C30H47NO8. The fourth-order valence-electron chi connectivity index (χ4n) is 3.75. The number of carbonyl (C=O) groups excluding carboxylic acids is 3. The Hall–Kier alpha value is -2.94. The number of nitrogens with two attached hydrogens (primary N) is 1. The number of rotatable bonds is 12. The minimum atomic E-state index is -1.33. The second-order valence-electron chi connectivity index (χ2n) is 13.1. The second-order valence-corrected chi connectivity index (χ2v) is 13.1. The molecule has 0 bridgehead atoms. The van der Waals surface area contributed by atoms with Crippen LogP contribution in [0.4, 0.5) is 0 Å². The standard InChI is InChI=1S/C30H47NO8/c1-17(2)19(4)28(36)37-18(3)13-21(26(31)27(34)35)20-11-12-22(38-24(32)15-29(5,6)7)23(14-20)39-25(33)16-30(8,9)10/h11-12,14,17-19,21,26H,13,15-16,31H2,1-10H3,(H,34,35)/t18?,19?,21?,26-/m0/s1. The summed E-state index contributed by atoms with van der Waals surface area (Å²) in [5, 5.41) is 9.71. The first-order valence-electron chi connectivity index (χ1n) is 13.4. The molecule has 0 aliphatic carbocycles. The first-order chi connectivity index (χ1) is 17.7. The molecule has 0 saturated carbocycles. The van der Waals surface area contributed by atoms with Crippen molar-refractivity contribution in [2.75, 3.05) is 0 Å². The van der Waals surface area contributed by atoms with Gasteiger partial charge in [0.25, 0.3) is 0 Å². The molecule has 0 spiro atoms. The third kappa shape index (κ3) is 12.2. The van der Waals surface area contributed by atoms with E-state index in [1.165, 1.54) is 12.1 Å². The number of hydrogen-bond donors (Lipinski definition) is 2. The van der Waals surface area contributed by atoms with Crippen LogP contribution in [0.5, 0.6) is 11.5 Å². The minimum Gasteiger partial charge on any atom is -0.480 e. The zero-order valence-corrected chi connectivity index (χ0v) is 25.1. The lowest BCUT2D eigenvalue weighted by Crippen LogP contribution is -2.38. The van der Waals surface area contributed by atoms with E-state index in [1.54, 1.807) is 19.9 Å². The van der Waals surface area contributed by atoms with E-state index >= 15 is 0 Å². The van der Waals surface area contributed by atoms with Crippen molar-refractivity contribution in [1.29, 1.82) is 0 Å². The SMILES string of the molecule is CC(CC(c1ccc(OC(=O)CC(C)(C)C)c(OC(=O)CC(C)(C)C)c1)[C@H](N)C(=O)O)OC(=O)C(C)C(C)C. The highest BCUT2D eigenvalue weighted by molar-refractivity contribution is 5.78. The van der Waals surface area contributed by atoms with Gasteiger partial charge in [-0.15, -0.1) is 0 Å². The van der Waals surface area contributed by atoms with Gasteiger partial charge in [-0.2, -0.15) is 0 Å². The van der Waals surface area contributed by atoms with Crippen LogP contribution < -0.4 is 15.2 Å². The van der Waals surface area contributed by atoms with E-state index in [0.717, 1.165) is 0 Å². The molecule has 9 nitrogen and oxygen atoms in total. The molecule has 0 aliphatic rings. The number of carbonyl (C=O) groups is 4. The first kappa shape index (κ1) is 34.1. The van der Waals surface area contributed by atoms with Crippen LogP contribution in [0, 0.1) is 22.7 Å². The molecule has 9 heteroatoms. The van der Waals surface area contributed by atoms with E-state index in [4.69, 9.17) is 19.9 Å². The van der Waals surface area contributed by atoms with Crippen LogP contribution in [0.25, 0.3) is 0 Å². The van der Waals surface area contributed by atoms with E-state index in [0.29, 0.717) is 5.56 Å². The summed E-state index contributed by atoms with van der Waals surface area (Å²) in [6.45, 7) is 18.6. The van der Waals surface area contributed by atoms with Gasteiger partial charge >= 0.3 is 23.9 Å². The summed E-state index contributed by atoms with van der Waals surface area (Å²) < 4.78 is 16.8. The van der Waals surface area contributed by atoms with Gasteiger partial charge in [0.15, 0.2) is 11.5 Å². The summed E-state index contributed by atoms with van der Waals surface area (Å²) in [5.41, 5.74) is 5.84. The van der Waals surface area contributed by atoms with Crippen molar-refractivity contribution < 1.29 is 38.5 Å². The number of carboxylic acids is 1. The molecule has 4 atom stereocenters. The molecule has 0 amide bonds. The van der Waals surface area contributed by atoms with E-state index in [2.05, 4.69) is 0 Å². The van der Waals surface area contributed by atoms with Crippen molar-refractivity contribution in [2.45, 2.75) is 107 Å². The summed E-state index contributed by atoms with van der Waals surface area (Å²) in [6, 6.07) is 3.19. The molecule has 1 rings (SSSR count). The van der Waals surface area contributed by atoms with Crippen molar-refractivity contribution in [2.24, 2.45) is 28.4 Å². The van der Waals surface area contributed by atoms with Gasteiger partial charge in [-0.25, -0.2) is 0 Å². The summed E-state index contributed by atoms with van der Waals surface area (Å²) in [5.74, 6) is -3.64. The van der Waals surface area contributed by atoms with Gasteiger partial charge in [0, 0.05) is 5.92 Å². The summed E-state index contributed by atoms with van der Waals surface area (Å²) in [7, 11) is 0. The largest absolute Gasteiger partial charge is 0.480 e. The predicted molar refractivity (Wildman–Crippen MR) is 148 cm³/mol. The quantitative estimate of drug-likeness (QED) is 0.256. The van der Waals surface area contributed by atoms with Crippen LogP contribution in [0.2, 0.25) is 0 Å². The highest BCUT2D eigenvalue weighted by atomic mass is 16.6. The van der Waals surface area contributed by atoms with Gasteiger partial charge in [0.2, 0.25) is 0 Å². The first-order valence-corrected chi connectivity index (χ1v) is 13.4. The Bertz CT molecular complexity index is 1020. The van der Waals surface area contributed by atoms with Gasteiger partial charge in [0.1, 0.15) is 6.04 Å². The fraction of sp³-hybridized carbons (Fsp3) is 0.667. The van der Waals surface area contributed by atoms with Crippen molar-refractivity contribution in [3.63, 3.8) is 0 Å². The third-order valence-electron chi connectivity index (χ3n) is 6.19. The molecule has 1 aromatic carbocycles. The molecule has 0 aliphatic heterocycles. The Labute approximate surface area is 232 Å². The Kier molecular flexibility index (Phi) is 12.2. The lowest BCUT2D eigenvalue weighted by molar-refractivity contribution is -0.154. The maximum atomic E-state index is 12.7. The highest BCUT2D eigenvalue weighted by Crippen LogP contribution is 2.36. The van der Waals surface area contributed by atoms with Gasteiger partial charge in [0.05, 0.1) is 24.9 Å². The van der Waals surface area contributed by atoms with E-state index in [-0.39, 0.29) is 59.4 Å². The summed E-state index contributed by atoms with van der Waals surface area (Å²) in [4.78, 5) is 49.6. The van der Waals surface area contributed by atoms with Gasteiger partial charge in [-0.1, -0.05) is 68.4 Å². The van der Waals surface area contributed by atoms with Crippen LogP contribution in [0.1, 0.15) is 100.0 Å². The van der Waals surface area contributed by atoms with E-state index in [9.17, 15) is 24.3 Å². The zero-order valence-electron chi connectivity index (χ0n) is 25.1. The minimum absolute atomic E-state index is 0.00956. The van der Waals surface area contributed by atoms with Crippen LogP contribution in [-0.2, 0) is 23.9 Å². The zero-order chi connectivity index (χ0) is 30.3. The smallest absolute Gasteiger partial charge is 0.321 e. The molecule has 220 valence electrons. The third-order valence-corrected chi connectivity index (χ3v) is 6.19. The van der Waals surface area contributed by atoms with Crippen LogP contribution >= 0.6 is 0 Å². The summed E-state index contributed by atoms with van der Waals surface area (Å²) in [6.07, 6.45) is -0.284. The Balaban J connectivity index is 3.41. The molecule has 0 radical (unpaired) electrons. The van der Waals surface area contributed by atoms with Crippen molar-refractivity contribution >= 4 is 23.9 Å². The van der Waals surface area contributed by atoms with Gasteiger partial charge in [-0.3, -0.25) is 19.2 Å². The molecular weight excluding hydrogens is 502 g/mol. The van der Waals surface area contributed by atoms with Gasteiger partial charge < -0.3 is 25.1 Å². The predicted octanol–water partition coefficient (Wildman–Crippen LogP) is 5.48. The molecule has 0 saturated heterocycles. The highest BCUT2D eigenvalue weighted by Gasteiger charge is 2.31. The molecule has 0 heterocycles. The molecule has 3 unspecified atom stereocenters. The number of benzene rings is 1. The molecule has 1 aromatic rings. The fourth-order valence-corrected chi connectivity index (χ4v) is 3.75. The number of esters is 3. The number of ether oxygens (including phenoxy) is 3. The van der Waals surface area contributed by atoms with Crippen molar-refractivity contribution in [3.8, 4) is 11.5 Å². The lowest BCUT2D eigenvalue weighted by Gasteiger charge is -2.26. The van der Waals surface area contributed by atoms with Gasteiger partial charge in [-0.05, 0) is 47.8 Å².